The number of benzene rings is 2. The van der Waals surface area contributed by atoms with Gasteiger partial charge in [-0.25, -0.2) is 0 Å². The van der Waals surface area contributed by atoms with Gasteiger partial charge in [-0.1, -0.05) is 72.0 Å². The Hall–Kier alpha value is -2.74. The Bertz CT molecular complexity index is 1100. The van der Waals surface area contributed by atoms with E-state index in [-0.39, 0.29) is 11.9 Å². The monoisotopic (exact) mass is 405 g/mol. The summed E-state index contributed by atoms with van der Waals surface area (Å²) >= 11 is 1.52. The zero-order chi connectivity index (χ0) is 19.8. The third kappa shape index (κ3) is 3.42. The highest BCUT2D eigenvalue weighted by Crippen LogP contribution is 2.40. The third-order valence-electron chi connectivity index (χ3n) is 5.50. The third-order valence-corrected chi connectivity index (χ3v) is 6.57. The number of rotatable bonds is 4. The van der Waals surface area contributed by atoms with Crippen molar-refractivity contribution in [1.82, 2.24) is 24.4 Å². The van der Waals surface area contributed by atoms with Gasteiger partial charge in [-0.2, -0.15) is 9.50 Å². The predicted octanol–water partition coefficient (Wildman–Crippen LogP) is 3.50. The fraction of sp³-hybridized carbons (Fsp3) is 0.273. The van der Waals surface area contributed by atoms with Crippen LogP contribution >= 0.6 is 11.3 Å². The minimum absolute atomic E-state index is 0.00132. The summed E-state index contributed by atoms with van der Waals surface area (Å²) in [5, 5.41) is 15.7. The summed E-state index contributed by atoms with van der Waals surface area (Å²) < 4.78 is 1.58. The van der Waals surface area contributed by atoms with Crippen LogP contribution in [0.15, 0.2) is 60.7 Å². The highest BCUT2D eigenvalue weighted by Gasteiger charge is 2.31. The van der Waals surface area contributed by atoms with Crippen molar-refractivity contribution in [3.8, 4) is 17.3 Å². The summed E-state index contributed by atoms with van der Waals surface area (Å²) in [7, 11) is 2.15. The molecular weight excluding hydrogens is 382 g/mol. The van der Waals surface area contributed by atoms with E-state index in [1.165, 1.54) is 16.9 Å². The molecule has 1 unspecified atom stereocenters. The van der Waals surface area contributed by atoms with Crippen molar-refractivity contribution in [3.63, 3.8) is 0 Å². The predicted molar refractivity (Wildman–Crippen MR) is 115 cm³/mol. The van der Waals surface area contributed by atoms with Gasteiger partial charge in [-0.05, 0) is 12.6 Å². The molecule has 4 aromatic rings. The molecule has 0 spiro atoms. The number of aromatic nitrogens is 3. The van der Waals surface area contributed by atoms with E-state index in [0.29, 0.717) is 10.8 Å². The van der Waals surface area contributed by atoms with E-state index in [4.69, 9.17) is 0 Å². The average molecular weight is 406 g/mol. The van der Waals surface area contributed by atoms with Crippen molar-refractivity contribution in [2.75, 3.05) is 33.2 Å². The normalized spacial score (nSPS) is 17.0. The maximum Gasteiger partial charge on any atom is 0.230 e. The van der Waals surface area contributed by atoms with Crippen LogP contribution in [-0.2, 0) is 0 Å². The molecule has 0 saturated carbocycles. The van der Waals surface area contributed by atoms with Gasteiger partial charge in [0.05, 0.1) is 10.9 Å². The van der Waals surface area contributed by atoms with Crippen molar-refractivity contribution >= 4 is 16.3 Å². The molecule has 2 aromatic carbocycles. The van der Waals surface area contributed by atoms with Gasteiger partial charge < -0.3 is 10.0 Å². The van der Waals surface area contributed by atoms with E-state index in [9.17, 15) is 5.11 Å². The molecule has 1 N–H and O–H groups in total. The maximum absolute atomic E-state index is 11.1. The Morgan fingerprint density at radius 1 is 0.931 bits per heavy atom. The van der Waals surface area contributed by atoms with Crippen molar-refractivity contribution in [3.05, 3.63) is 71.1 Å². The Kier molecular flexibility index (Phi) is 4.79. The van der Waals surface area contributed by atoms with Crippen LogP contribution < -0.4 is 0 Å². The maximum atomic E-state index is 11.1. The van der Waals surface area contributed by atoms with E-state index in [1.807, 2.05) is 36.4 Å². The van der Waals surface area contributed by atoms with E-state index < -0.39 is 0 Å². The second-order valence-electron chi connectivity index (χ2n) is 7.44. The minimum Gasteiger partial charge on any atom is -0.492 e. The van der Waals surface area contributed by atoms with Crippen LogP contribution in [0, 0.1) is 0 Å². The summed E-state index contributed by atoms with van der Waals surface area (Å²) in [6.45, 7) is 3.95. The lowest BCUT2D eigenvalue weighted by atomic mass is 10.0. The minimum atomic E-state index is -0.00132. The first kappa shape index (κ1) is 18.3. The number of piperazine rings is 1. The summed E-state index contributed by atoms with van der Waals surface area (Å²) in [5.41, 5.74) is 2.13. The van der Waals surface area contributed by atoms with Crippen LogP contribution in [0.4, 0.5) is 0 Å². The van der Waals surface area contributed by atoms with Crippen LogP contribution in [0.2, 0.25) is 0 Å². The second kappa shape index (κ2) is 7.59. The summed E-state index contributed by atoms with van der Waals surface area (Å²) in [6.07, 6.45) is 0. The van der Waals surface area contributed by atoms with Crippen LogP contribution in [0.5, 0.6) is 5.88 Å². The molecule has 0 amide bonds. The van der Waals surface area contributed by atoms with E-state index in [2.05, 4.69) is 51.2 Å². The zero-order valence-electron chi connectivity index (χ0n) is 16.3. The van der Waals surface area contributed by atoms with Crippen LogP contribution in [0.3, 0.4) is 0 Å². The number of nitrogens with zero attached hydrogens (tertiary/aromatic N) is 5. The smallest absolute Gasteiger partial charge is 0.230 e. The van der Waals surface area contributed by atoms with Crippen molar-refractivity contribution in [1.29, 1.82) is 0 Å². The molecule has 1 aliphatic heterocycles. The average Bonchev–Trinajstić information content (AvgIpc) is 3.31. The fourth-order valence-corrected chi connectivity index (χ4v) is 5.00. The van der Waals surface area contributed by atoms with E-state index in [1.54, 1.807) is 4.52 Å². The largest absolute Gasteiger partial charge is 0.492 e. The molecule has 0 aliphatic carbocycles. The Morgan fingerprint density at radius 3 is 2.24 bits per heavy atom. The van der Waals surface area contributed by atoms with E-state index in [0.717, 1.165) is 36.6 Å². The second-order valence-corrected chi connectivity index (χ2v) is 8.45. The van der Waals surface area contributed by atoms with Gasteiger partial charge in [0, 0.05) is 31.7 Å². The number of thiazole rings is 1. The first-order chi connectivity index (χ1) is 14.2. The molecule has 0 bridgehead atoms. The van der Waals surface area contributed by atoms with Gasteiger partial charge in [-0.15, -0.1) is 5.10 Å². The molecule has 6 nitrogen and oxygen atoms in total. The van der Waals surface area contributed by atoms with Crippen LogP contribution in [0.25, 0.3) is 16.3 Å². The summed E-state index contributed by atoms with van der Waals surface area (Å²) in [5.74, 6) is 0.821. The fourth-order valence-electron chi connectivity index (χ4n) is 3.88. The first-order valence-electron chi connectivity index (χ1n) is 9.82. The lowest BCUT2D eigenvalue weighted by molar-refractivity contribution is 0.127. The lowest BCUT2D eigenvalue weighted by Crippen LogP contribution is -2.46. The topological polar surface area (TPSA) is 56.9 Å². The van der Waals surface area contributed by atoms with Gasteiger partial charge in [0.1, 0.15) is 0 Å². The summed E-state index contributed by atoms with van der Waals surface area (Å²) in [4.78, 5) is 11.1. The number of aromatic hydroxyl groups is 1. The van der Waals surface area contributed by atoms with E-state index >= 15 is 0 Å². The van der Waals surface area contributed by atoms with Crippen molar-refractivity contribution in [2.45, 2.75) is 6.04 Å². The molecule has 3 heterocycles. The summed E-state index contributed by atoms with van der Waals surface area (Å²) in [6, 6.07) is 20.3. The number of fused-ring (bicyclic) bond motifs is 1. The number of likely N-dealkylation sites (N-methyl/N-ethyl adjacent to an activating group) is 1. The highest BCUT2D eigenvalue weighted by molar-refractivity contribution is 7.17. The van der Waals surface area contributed by atoms with Gasteiger partial charge in [0.2, 0.25) is 10.8 Å². The quantitative estimate of drug-likeness (QED) is 0.563. The SMILES string of the molecule is CN1CCN(C(c2ccccc2)c2sc3nc(-c4ccccc4)nn3c2O)CC1. The lowest BCUT2D eigenvalue weighted by Gasteiger charge is -2.37. The molecule has 148 valence electrons. The van der Waals surface area contributed by atoms with Crippen LogP contribution in [0.1, 0.15) is 16.5 Å². The molecule has 5 rings (SSSR count). The molecule has 1 aliphatic rings. The first-order valence-corrected chi connectivity index (χ1v) is 10.6. The van der Waals surface area contributed by atoms with Crippen LogP contribution in [-0.4, -0.2) is 62.7 Å². The molecule has 1 fully saturated rings. The molecule has 7 heteroatoms. The Balaban J connectivity index is 1.57. The Morgan fingerprint density at radius 2 is 1.59 bits per heavy atom. The molecule has 1 saturated heterocycles. The Labute approximate surface area is 173 Å². The zero-order valence-corrected chi connectivity index (χ0v) is 17.1. The highest BCUT2D eigenvalue weighted by atomic mass is 32.1. The van der Waals surface area contributed by atoms with Gasteiger partial charge in [0.25, 0.3) is 0 Å². The molecule has 2 aromatic heterocycles. The van der Waals surface area contributed by atoms with Gasteiger partial charge in [-0.3, -0.25) is 4.90 Å². The standard InChI is InChI=1S/C22H23N5OS/c1-25-12-14-26(15-13-25)18(16-8-4-2-5-9-16)19-21(28)27-22(29-19)23-20(24-27)17-10-6-3-7-11-17/h2-11,18,28H,12-15H2,1H3. The van der Waals surface area contributed by atoms with Gasteiger partial charge in [0.15, 0.2) is 5.82 Å². The molecule has 0 radical (unpaired) electrons. The van der Waals surface area contributed by atoms with Gasteiger partial charge >= 0.3 is 0 Å². The number of hydrogen-bond donors (Lipinski definition) is 1. The van der Waals surface area contributed by atoms with Crippen molar-refractivity contribution in [2.24, 2.45) is 0 Å². The van der Waals surface area contributed by atoms with Crippen molar-refractivity contribution < 1.29 is 5.11 Å². The molecule has 29 heavy (non-hydrogen) atoms. The molecule has 1 atom stereocenters. The number of hydrogen-bond acceptors (Lipinski definition) is 6. The molecular formula is C22H23N5OS.